The number of hydrogen-bond acceptors (Lipinski definition) is 5. The fourth-order valence-corrected chi connectivity index (χ4v) is 4.22. The van der Waals surface area contributed by atoms with Gasteiger partial charge < -0.3 is 14.0 Å². The second-order valence-electron chi connectivity index (χ2n) is 5.19. The third-order valence-corrected chi connectivity index (χ3v) is 6.02. The molecule has 1 N–H and O–H groups in total. The molecule has 24 heavy (non-hydrogen) atoms. The van der Waals surface area contributed by atoms with Gasteiger partial charge in [-0.05, 0) is 17.7 Å². The molecule has 0 fully saturated rings. The van der Waals surface area contributed by atoms with Crippen LogP contribution in [0.4, 0.5) is 0 Å². The van der Waals surface area contributed by atoms with Gasteiger partial charge in [0, 0.05) is 14.2 Å². The highest BCUT2D eigenvalue weighted by Crippen LogP contribution is 2.61. The van der Waals surface area contributed by atoms with Crippen molar-refractivity contribution in [3.05, 3.63) is 76.2 Å². The van der Waals surface area contributed by atoms with Crippen LogP contribution in [0.3, 0.4) is 0 Å². The van der Waals surface area contributed by atoms with E-state index >= 15 is 0 Å². The number of nitrogens with one attached hydrogen (secondary N) is 1. The summed E-state index contributed by atoms with van der Waals surface area (Å²) in [5.74, 6) is 0. The Morgan fingerprint density at radius 1 is 1.00 bits per heavy atom. The molecular weight excluding hydrogens is 327 g/mol. The molecule has 0 bridgehead atoms. The molecular formula is C17H17N2O4P. The lowest BCUT2D eigenvalue weighted by Crippen LogP contribution is -2.20. The van der Waals surface area contributed by atoms with Gasteiger partial charge in [-0.2, -0.15) is 0 Å². The van der Waals surface area contributed by atoms with Gasteiger partial charge in [0.15, 0.2) is 0 Å². The van der Waals surface area contributed by atoms with Crippen LogP contribution in [0.5, 0.6) is 0 Å². The molecule has 0 aliphatic carbocycles. The minimum Gasteiger partial charge on any atom is -0.319 e. The van der Waals surface area contributed by atoms with Gasteiger partial charge in [0.2, 0.25) is 0 Å². The Bertz CT molecular complexity index is 947. The fourth-order valence-electron chi connectivity index (χ4n) is 2.64. The number of rotatable bonds is 5. The molecule has 1 aromatic heterocycles. The first kappa shape index (κ1) is 16.6. The van der Waals surface area contributed by atoms with E-state index < -0.39 is 18.8 Å². The molecule has 0 radical (unpaired) electrons. The van der Waals surface area contributed by atoms with Crippen molar-refractivity contribution in [2.45, 2.75) is 5.66 Å². The SMILES string of the molecule is COP(=O)(OC)C(c1ccccc1)c1nc2ccccc2[nH]c1=O. The fraction of sp³-hybridized carbons (Fsp3) is 0.176. The van der Waals surface area contributed by atoms with Gasteiger partial charge in [-0.15, -0.1) is 0 Å². The zero-order valence-corrected chi connectivity index (χ0v) is 14.2. The summed E-state index contributed by atoms with van der Waals surface area (Å²) in [5, 5.41) is 0. The van der Waals surface area contributed by atoms with Crippen molar-refractivity contribution in [2.75, 3.05) is 14.2 Å². The molecule has 3 aromatic rings. The van der Waals surface area contributed by atoms with Crippen LogP contribution in [0.2, 0.25) is 0 Å². The Morgan fingerprint density at radius 3 is 2.29 bits per heavy atom. The van der Waals surface area contributed by atoms with Gasteiger partial charge in [0.05, 0.1) is 11.0 Å². The van der Waals surface area contributed by atoms with E-state index in [4.69, 9.17) is 9.05 Å². The van der Waals surface area contributed by atoms with E-state index in [1.165, 1.54) is 14.2 Å². The molecule has 0 saturated heterocycles. The maximum absolute atomic E-state index is 13.1. The highest BCUT2D eigenvalue weighted by Gasteiger charge is 2.39. The quantitative estimate of drug-likeness (QED) is 0.717. The number of aromatic amines is 1. The molecule has 124 valence electrons. The number of para-hydroxylation sites is 2. The summed E-state index contributed by atoms with van der Waals surface area (Å²) in [7, 11) is -1.02. The van der Waals surface area contributed by atoms with Crippen molar-refractivity contribution in [2.24, 2.45) is 0 Å². The lowest BCUT2D eigenvalue weighted by molar-refractivity contribution is 0.269. The van der Waals surface area contributed by atoms with Crippen LogP contribution in [-0.4, -0.2) is 24.2 Å². The standard InChI is InChI=1S/C17H17N2O4P/c1-22-24(21,23-2)16(12-8-4-3-5-9-12)15-17(20)19-14-11-7-6-10-13(14)18-15/h3-11,16H,1-2H3,(H,19,20). The predicted molar refractivity (Wildman–Crippen MR) is 92.3 cm³/mol. The number of aromatic nitrogens is 2. The molecule has 0 amide bonds. The minimum atomic E-state index is -3.62. The molecule has 0 aliphatic rings. The van der Waals surface area contributed by atoms with Crippen LogP contribution in [0, 0.1) is 0 Å². The van der Waals surface area contributed by atoms with E-state index in [-0.39, 0.29) is 5.69 Å². The minimum absolute atomic E-state index is 0.104. The average molecular weight is 344 g/mol. The zero-order chi connectivity index (χ0) is 17.2. The van der Waals surface area contributed by atoms with Gasteiger partial charge >= 0.3 is 7.60 Å². The normalized spacial score (nSPS) is 13.1. The van der Waals surface area contributed by atoms with Crippen LogP contribution in [-0.2, 0) is 13.6 Å². The lowest BCUT2D eigenvalue weighted by atomic mass is 10.1. The summed E-state index contributed by atoms with van der Waals surface area (Å²) < 4.78 is 23.4. The van der Waals surface area contributed by atoms with Gasteiger partial charge in [-0.1, -0.05) is 42.5 Å². The van der Waals surface area contributed by atoms with Crippen LogP contribution in [0.1, 0.15) is 16.9 Å². The molecule has 2 aromatic carbocycles. The van der Waals surface area contributed by atoms with Crippen molar-refractivity contribution in [3.8, 4) is 0 Å². The summed E-state index contributed by atoms with van der Waals surface area (Å²) >= 11 is 0. The second kappa shape index (κ2) is 6.69. The number of H-pyrrole nitrogens is 1. The molecule has 0 spiro atoms. The van der Waals surface area contributed by atoms with Crippen molar-refractivity contribution < 1.29 is 13.6 Å². The lowest BCUT2D eigenvalue weighted by Gasteiger charge is -2.23. The first-order valence-electron chi connectivity index (χ1n) is 7.34. The summed E-state index contributed by atoms with van der Waals surface area (Å²) in [6.45, 7) is 0. The second-order valence-corrected chi connectivity index (χ2v) is 7.51. The Hall–Kier alpha value is -2.27. The monoisotopic (exact) mass is 344 g/mol. The van der Waals surface area contributed by atoms with E-state index in [0.29, 0.717) is 16.6 Å². The third-order valence-electron chi connectivity index (χ3n) is 3.83. The van der Waals surface area contributed by atoms with Crippen LogP contribution in [0.15, 0.2) is 59.4 Å². The Morgan fingerprint density at radius 2 is 1.62 bits per heavy atom. The third kappa shape index (κ3) is 2.91. The molecule has 1 heterocycles. The van der Waals surface area contributed by atoms with Gasteiger partial charge in [0.25, 0.3) is 5.56 Å². The van der Waals surface area contributed by atoms with Crippen molar-refractivity contribution in [1.82, 2.24) is 9.97 Å². The number of nitrogens with zero attached hydrogens (tertiary/aromatic N) is 1. The van der Waals surface area contributed by atoms with Gasteiger partial charge in [0.1, 0.15) is 11.4 Å². The maximum atomic E-state index is 13.1. The summed E-state index contributed by atoms with van der Waals surface area (Å²) in [6, 6.07) is 16.1. The van der Waals surface area contributed by atoms with Crippen molar-refractivity contribution in [3.63, 3.8) is 0 Å². The Kier molecular flexibility index (Phi) is 4.62. The number of benzene rings is 2. The molecule has 1 unspecified atom stereocenters. The van der Waals surface area contributed by atoms with E-state index in [0.717, 1.165) is 0 Å². The highest BCUT2D eigenvalue weighted by atomic mass is 31.2. The highest BCUT2D eigenvalue weighted by molar-refractivity contribution is 7.54. The molecule has 6 nitrogen and oxygen atoms in total. The summed E-state index contributed by atoms with van der Waals surface area (Å²) in [5.41, 5.74) is 0.623. The van der Waals surface area contributed by atoms with Gasteiger partial charge in [-0.3, -0.25) is 9.36 Å². The van der Waals surface area contributed by atoms with Crippen LogP contribution < -0.4 is 5.56 Å². The smallest absolute Gasteiger partial charge is 0.319 e. The average Bonchev–Trinajstić information content (AvgIpc) is 2.63. The zero-order valence-electron chi connectivity index (χ0n) is 13.3. The molecule has 1 atom stereocenters. The van der Waals surface area contributed by atoms with E-state index in [1.807, 2.05) is 18.2 Å². The molecule has 0 saturated carbocycles. The topological polar surface area (TPSA) is 81.3 Å². The van der Waals surface area contributed by atoms with E-state index in [9.17, 15) is 9.36 Å². The number of hydrogen-bond donors (Lipinski definition) is 1. The predicted octanol–water partition coefficient (Wildman–Crippen LogP) is 3.50. The first-order valence-corrected chi connectivity index (χ1v) is 8.95. The van der Waals surface area contributed by atoms with Crippen molar-refractivity contribution >= 4 is 18.6 Å². The van der Waals surface area contributed by atoms with Crippen LogP contribution >= 0.6 is 7.60 Å². The van der Waals surface area contributed by atoms with Crippen LogP contribution in [0.25, 0.3) is 11.0 Å². The van der Waals surface area contributed by atoms with Crippen molar-refractivity contribution in [1.29, 1.82) is 0 Å². The van der Waals surface area contributed by atoms with E-state index in [1.54, 1.807) is 36.4 Å². The van der Waals surface area contributed by atoms with Gasteiger partial charge in [-0.25, -0.2) is 4.98 Å². The Balaban J connectivity index is 2.29. The maximum Gasteiger partial charge on any atom is 0.343 e. The first-order chi connectivity index (χ1) is 11.6. The largest absolute Gasteiger partial charge is 0.343 e. The summed E-state index contributed by atoms with van der Waals surface area (Å²) in [6.07, 6.45) is 0. The Labute approximate surface area is 139 Å². The molecule has 0 aliphatic heterocycles. The molecule has 7 heteroatoms. The molecule has 3 rings (SSSR count). The summed E-state index contributed by atoms with van der Waals surface area (Å²) in [4.78, 5) is 19.8. The number of fused-ring (bicyclic) bond motifs is 1. The van der Waals surface area contributed by atoms with E-state index in [2.05, 4.69) is 9.97 Å².